The Balaban J connectivity index is 1.96. The molecular formula is C16H23NO2. The summed E-state index contributed by atoms with van der Waals surface area (Å²) < 4.78 is 11.7. The first-order valence-corrected chi connectivity index (χ1v) is 7.31. The van der Waals surface area contributed by atoms with E-state index >= 15 is 0 Å². The van der Waals surface area contributed by atoms with Gasteiger partial charge in [-0.2, -0.15) is 0 Å². The molecule has 1 aromatic rings. The molecule has 0 aromatic heterocycles. The quantitative estimate of drug-likeness (QED) is 0.887. The second-order valence-electron chi connectivity index (χ2n) is 5.88. The molecular weight excluding hydrogens is 238 g/mol. The van der Waals surface area contributed by atoms with Gasteiger partial charge in [0.2, 0.25) is 0 Å². The third-order valence-corrected chi connectivity index (χ3v) is 4.88. The summed E-state index contributed by atoms with van der Waals surface area (Å²) in [6, 6.07) is 6.05. The van der Waals surface area contributed by atoms with Gasteiger partial charge < -0.3 is 15.2 Å². The summed E-state index contributed by atoms with van der Waals surface area (Å²) in [7, 11) is 1.68. The van der Waals surface area contributed by atoms with Gasteiger partial charge in [-0.15, -0.1) is 0 Å². The molecule has 2 N–H and O–H groups in total. The molecule has 0 bridgehead atoms. The molecule has 1 saturated carbocycles. The Hall–Kier alpha value is -1.22. The molecule has 3 nitrogen and oxygen atoms in total. The van der Waals surface area contributed by atoms with Gasteiger partial charge >= 0.3 is 0 Å². The fourth-order valence-electron chi connectivity index (χ4n) is 3.87. The Morgan fingerprint density at radius 1 is 1.47 bits per heavy atom. The molecule has 1 aliphatic heterocycles. The number of hydrogen-bond acceptors (Lipinski definition) is 3. The van der Waals surface area contributed by atoms with Crippen molar-refractivity contribution in [2.75, 3.05) is 7.11 Å². The average Bonchev–Trinajstić information content (AvgIpc) is 2.80. The summed E-state index contributed by atoms with van der Waals surface area (Å²) in [6.07, 6.45) is 5.79. The van der Waals surface area contributed by atoms with Crippen molar-refractivity contribution in [3.63, 3.8) is 0 Å². The molecule has 3 heteroatoms. The molecule has 2 aliphatic rings. The van der Waals surface area contributed by atoms with E-state index in [0.717, 1.165) is 29.9 Å². The Morgan fingerprint density at radius 3 is 3.05 bits per heavy atom. The monoisotopic (exact) mass is 261 g/mol. The van der Waals surface area contributed by atoms with E-state index in [2.05, 4.69) is 6.92 Å². The predicted octanol–water partition coefficient (Wildman–Crippen LogP) is 3.43. The van der Waals surface area contributed by atoms with E-state index in [1.54, 1.807) is 7.11 Å². The Labute approximate surface area is 115 Å². The van der Waals surface area contributed by atoms with E-state index in [1.165, 1.54) is 19.3 Å². The first-order chi connectivity index (χ1) is 9.18. The highest BCUT2D eigenvalue weighted by molar-refractivity contribution is 5.44. The fraction of sp³-hybridized carbons (Fsp3) is 0.625. The minimum absolute atomic E-state index is 0.0181. The normalized spacial score (nSPS) is 33.0. The average molecular weight is 261 g/mol. The fourth-order valence-corrected chi connectivity index (χ4v) is 3.87. The summed E-state index contributed by atoms with van der Waals surface area (Å²) in [5.41, 5.74) is 7.48. The van der Waals surface area contributed by atoms with Gasteiger partial charge in [-0.25, -0.2) is 0 Å². The molecule has 19 heavy (non-hydrogen) atoms. The highest BCUT2D eigenvalue weighted by Gasteiger charge is 2.48. The number of benzene rings is 1. The van der Waals surface area contributed by atoms with Gasteiger partial charge in [-0.3, -0.25) is 0 Å². The smallest absolute Gasteiger partial charge is 0.125 e. The van der Waals surface area contributed by atoms with Crippen molar-refractivity contribution in [2.45, 2.75) is 50.7 Å². The van der Waals surface area contributed by atoms with Crippen molar-refractivity contribution in [3.8, 4) is 11.5 Å². The molecule has 3 rings (SSSR count). The lowest BCUT2D eigenvalue weighted by atomic mass is 9.79. The number of fused-ring (bicyclic) bond motifs is 1. The molecule has 1 spiro atoms. The van der Waals surface area contributed by atoms with Crippen LogP contribution in [0.25, 0.3) is 0 Å². The van der Waals surface area contributed by atoms with E-state index in [9.17, 15) is 0 Å². The van der Waals surface area contributed by atoms with Gasteiger partial charge in [0, 0.05) is 18.0 Å². The Kier molecular flexibility index (Phi) is 3.17. The van der Waals surface area contributed by atoms with Gasteiger partial charge in [0.1, 0.15) is 17.1 Å². The van der Waals surface area contributed by atoms with Crippen LogP contribution in [0, 0.1) is 5.92 Å². The summed E-state index contributed by atoms with van der Waals surface area (Å²) in [6.45, 7) is 2.26. The van der Waals surface area contributed by atoms with Crippen LogP contribution in [-0.4, -0.2) is 12.7 Å². The number of nitrogens with two attached hydrogens (primary N) is 1. The van der Waals surface area contributed by atoms with Crippen LogP contribution in [0.1, 0.15) is 50.6 Å². The number of rotatable bonds is 2. The van der Waals surface area contributed by atoms with Crippen molar-refractivity contribution in [1.29, 1.82) is 0 Å². The van der Waals surface area contributed by atoms with Crippen LogP contribution >= 0.6 is 0 Å². The highest BCUT2D eigenvalue weighted by Crippen LogP contribution is 2.50. The largest absolute Gasteiger partial charge is 0.497 e. The van der Waals surface area contributed by atoms with E-state index < -0.39 is 0 Å². The van der Waals surface area contributed by atoms with E-state index in [1.807, 2.05) is 18.2 Å². The first kappa shape index (κ1) is 12.8. The van der Waals surface area contributed by atoms with Gasteiger partial charge in [0.15, 0.2) is 0 Å². The summed E-state index contributed by atoms with van der Waals surface area (Å²) in [5, 5.41) is 0. The standard InChI is InChI=1S/C16H23NO2/c1-3-11-5-4-8-16(11)10-14(17)13-9-12(18-2)6-7-15(13)19-16/h6-7,9,11,14H,3-5,8,10,17H2,1-2H3. The highest BCUT2D eigenvalue weighted by atomic mass is 16.5. The molecule has 1 aliphatic carbocycles. The molecule has 0 amide bonds. The van der Waals surface area contributed by atoms with Gasteiger partial charge in [0.05, 0.1) is 7.11 Å². The van der Waals surface area contributed by atoms with Gasteiger partial charge in [0.25, 0.3) is 0 Å². The lowest BCUT2D eigenvalue weighted by Gasteiger charge is -2.42. The lowest BCUT2D eigenvalue weighted by molar-refractivity contribution is -0.00104. The minimum atomic E-state index is -0.0181. The predicted molar refractivity (Wildman–Crippen MR) is 75.5 cm³/mol. The summed E-state index contributed by atoms with van der Waals surface area (Å²) in [5.74, 6) is 2.46. The molecule has 1 heterocycles. The third-order valence-electron chi connectivity index (χ3n) is 4.88. The van der Waals surface area contributed by atoms with Crippen LogP contribution < -0.4 is 15.2 Å². The van der Waals surface area contributed by atoms with Crippen LogP contribution in [-0.2, 0) is 0 Å². The minimum Gasteiger partial charge on any atom is -0.497 e. The van der Waals surface area contributed by atoms with Gasteiger partial charge in [-0.05, 0) is 49.8 Å². The van der Waals surface area contributed by atoms with Crippen LogP contribution in [0.4, 0.5) is 0 Å². The zero-order valence-corrected chi connectivity index (χ0v) is 11.8. The third kappa shape index (κ3) is 2.00. The zero-order valence-electron chi connectivity index (χ0n) is 11.8. The number of methoxy groups -OCH3 is 1. The van der Waals surface area contributed by atoms with Gasteiger partial charge in [-0.1, -0.05) is 6.92 Å². The maximum Gasteiger partial charge on any atom is 0.125 e. The SMILES string of the molecule is CCC1CCCC12CC(N)c1cc(OC)ccc1O2. The van der Waals surface area contributed by atoms with Crippen molar-refractivity contribution < 1.29 is 9.47 Å². The van der Waals surface area contributed by atoms with Crippen LogP contribution in [0.3, 0.4) is 0 Å². The number of ether oxygens (including phenoxy) is 2. The summed E-state index contributed by atoms with van der Waals surface area (Å²) >= 11 is 0. The molecule has 104 valence electrons. The summed E-state index contributed by atoms with van der Waals surface area (Å²) in [4.78, 5) is 0. The Morgan fingerprint density at radius 2 is 2.32 bits per heavy atom. The maximum absolute atomic E-state index is 6.42. The van der Waals surface area contributed by atoms with E-state index in [-0.39, 0.29) is 11.6 Å². The molecule has 1 fully saturated rings. The van der Waals surface area contributed by atoms with Crippen molar-refractivity contribution >= 4 is 0 Å². The molecule has 0 saturated heterocycles. The Bertz CT molecular complexity index is 474. The van der Waals surface area contributed by atoms with Crippen LogP contribution in [0.2, 0.25) is 0 Å². The first-order valence-electron chi connectivity index (χ1n) is 7.31. The second kappa shape index (κ2) is 4.71. The lowest BCUT2D eigenvalue weighted by Crippen LogP contribution is -2.45. The molecule has 0 radical (unpaired) electrons. The maximum atomic E-state index is 6.42. The molecule has 3 unspecified atom stereocenters. The topological polar surface area (TPSA) is 44.5 Å². The van der Waals surface area contributed by atoms with Crippen molar-refractivity contribution in [3.05, 3.63) is 23.8 Å². The second-order valence-corrected chi connectivity index (χ2v) is 5.88. The van der Waals surface area contributed by atoms with E-state index in [0.29, 0.717) is 5.92 Å². The van der Waals surface area contributed by atoms with Crippen molar-refractivity contribution in [1.82, 2.24) is 0 Å². The molecule has 1 aromatic carbocycles. The number of hydrogen-bond donors (Lipinski definition) is 1. The van der Waals surface area contributed by atoms with E-state index in [4.69, 9.17) is 15.2 Å². The molecule has 3 atom stereocenters. The van der Waals surface area contributed by atoms with Crippen LogP contribution in [0.5, 0.6) is 11.5 Å². The van der Waals surface area contributed by atoms with Crippen LogP contribution in [0.15, 0.2) is 18.2 Å². The van der Waals surface area contributed by atoms with Crippen molar-refractivity contribution in [2.24, 2.45) is 11.7 Å². The zero-order chi connectivity index (χ0) is 13.5.